The zero-order valence-corrected chi connectivity index (χ0v) is 10.5. The second-order valence-electron chi connectivity index (χ2n) is 4.21. The Morgan fingerprint density at radius 2 is 1.75 bits per heavy atom. The standard InChI is InChI=1S/C10H20N6/c1-6(2)8-12-9(14-11)7(3)10(13-8)15-16(4)5/h6H,11H2,1-5H3,(H2,12,13,14,15). The van der Waals surface area contributed by atoms with Crippen molar-refractivity contribution in [3.8, 4) is 0 Å². The number of anilines is 2. The number of hydrogen-bond donors (Lipinski definition) is 3. The van der Waals surface area contributed by atoms with E-state index in [-0.39, 0.29) is 5.92 Å². The van der Waals surface area contributed by atoms with Crippen molar-refractivity contribution >= 4 is 11.6 Å². The van der Waals surface area contributed by atoms with Gasteiger partial charge in [0.25, 0.3) is 0 Å². The van der Waals surface area contributed by atoms with E-state index in [1.165, 1.54) is 0 Å². The van der Waals surface area contributed by atoms with Gasteiger partial charge in [0.1, 0.15) is 17.5 Å². The maximum Gasteiger partial charge on any atom is 0.149 e. The fourth-order valence-electron chi connectivity index (χ4n) is 1.25. The van der Waals surface area contributed by atoms with Gasteiger partial charge in [0.15, 0.2) is 0 Å². The highest BCUT2D eigenvalue weighted by Crippen LogP contribution is 2.22. The molecule has 0 saturated heterocycles. The third-order valence-corrected chi connectivity index (χ3v) is 2.15. The van der Waals surface area contributed by atoms with Gasteiger partial charge in [0.05, 0.1) is 0 Å². The summed E-state index contributed by atoms with van der Waals surface area (Å²) >= 11 is 0. The van der Waals surface area contributed by atoms with E-state index in [1.54, 1.807) is 0 Å². The number of aromatic nitrogens is 2. The minimum absolute atomic E-state index is 0.260. The highest BCUT2D eigenvalue weighted by atomic mass is 15.5. The van der Waals surface area contributed by atoms with Gasteiger partial charge < -0.3 is 10.9 Å². The quantitative estimate of drug-likeness (QED) is 0.524. The van der Waals surface area contributed by atoms with Crippen LogP contribution in [0.3, 0.4) is 0 Å². The average molecular weight is 224 g/mol. The second kappa shape index (κ2) is 5.09. The summed E-state index contributed by atoms with van der Waals surface area (Å²) in [6, 6.07) is 0. The van der Waals surface area contributed by atoms with Crippen molar-refractivity contribution in [2.75, 3.05) is 24.9 Å². The molecule has 16 heavy (non-hydrogen) atoms. The van der Waals surface area contributed by atoms with Crippen molar-refractivity contribution in [2.45, 2.75) is 26.7 Å². The first-order chi connectivity index (χ1) is 7.45. The van der Waals surface area contributed by atoms with Crippen LogP contribution in [-0.4, -0.2) is 29.1 Å². The normalized spacial score (nSPS) is 11.0. The van der Waals surface area contributed by atoms with Gasteiger partial charge in [-0.1, -0.05) is 13.8 Å². The summed E-state index contributed by atoms with van der Waals surface area (Å²) in [6.07, 6.45) is 0. The zero-order valence-electron chi connectivity index (χ0n) is 10.5. The molecule has 1 heterocycles. The minimum atomic E-state index is 0.260. The van der Waals surface area contributed by atoms with Gasteiger partial charge in [-0.3, -0.25) is 0 Å². The molecule has 0 bridgehead atoms. The summed E-state index contributed by atoms with van der Waals surface area (Å²) < 4.78 is 0. The van der Waals surface area contributed by atoms with Crippen LogP contribution < -0.4 is 16.7 Å². The molecule has 1 aromatic rings. The number of nitrogens with two attached hydrogens (primary N) is 1. The van der Waals surface area contributed by atoms with Crippen molar-refractivity contribution in [3.05, 3.63) is 11.4 Å². The van der Waals surface area contributed by atoms with Crippen LogP contribution in [0.2, 0.25) is 0 Å². The van der Waals surface area contributed by atoms with E-state index in [9.17, 15) is 0 Å². The lowest BCUT2D eigenvalue weighted by Crippen LogP contribution is -2.23. The molecular weight excluding hydrogens is 204 g/mol. The van der Waals surface area contributed by atoms with E-state index >= 15 is 0 Å². The highest BCUT2D eigenvalue weighted by Gasteiger charge is 2.12. The van der Waals surface area contributed by atoms with Crippen molar-refractivity contribution in [2.24, 2.45) is 5.84 Å². The van der Waals surface area contributed by atoms with Crippen molar-refractivity contribution in [1.82, 2.24) is 15.0 Å². The Hall–Kier alpha value is -1.40. The first kappa shape index (κ1) is 12.7. The molecule has 1 aromatic heterocycles. The molecular formula is C10H20N6. The smallest absolute Gasteiger partial charge is 0.149 e. The lowest BCUT2D eigenvalue weighted by molar-refractivity contribution is 0.490. The van der Waals surface area contributed by atoms with Gasteiger partial charge in [-0.2, -0.15) is 0 Å². The van der Waals surface area contributed by atoms with E-state index in [0.717, 1.165) is 17.2 Å². The molecule has 0 fully saturated rings. The first-order valence-electron chi connectivity index (χ1n) is 5.24. The predicted molar refractivity (Wildman–Crippen MR) is 66.0 cm³/mol. The van der Waals surface area contributed by atoms with Crippen LogP contribution >= 0.6 is 0 Å². The van der Waals surface area contributed by atoms with Gasteiger partial charge >= 0.3 is 0 Å². The first-order valence-corrected chi connectivity index (χ1v) is 5.24. The molecule has 0 unspecified atom stereocenters. The van der Waals surface area contributed by atoms with Gasteiger partial charge in [-0.25, -0.2) is 20.8 Å². The van der Waals surface area contributed by atoms with Crippen molar-refractivity contribution in [3.63, 3.8) is 0 Å². The maximum atomic E-state index is 5.44. The van der Waals surface area contributed by atoms with Crippen LogP contribution in [0.25, 0.3) is 0 Å². The molecule has 6 nitrogen and oxygen atoms in total. The lowest BCUT2D eigenvalue weighted by Gasteiger charge is -2.18. The number of nitrogens with one attached hydrogen (secondary N) is 2. The Kier molecular flexibility index (Phi) is 4.03. The summed E-state index contributed by atoms with van der Waals surface area (Å²) in [5.74, 6) is 7.89. The maximum absolute atomic E-state index is 5.44. The number of rotatable bonds is 4. The third-order valence-electron chi connectivity index (χ3n) is 2.15. The molecule has 0 aliphatic rings. The van der Waals surface area contributed by atoms with Crippen LogP contribution in [0.15, 0.2) is 0 Å². The number of hydrogen-bond acceptors (Lipinski definition) is 6. The molecule has 0 atom stereocenters. The summed E-state index contributed by atoms with van der Waals surface area (Å²) in [5, 5.41) is 1.83. The molecule has 6 heteroatoms. The molecule has 0 aliphatic carbocycles. The predicted octanol–water partition coefficient (Wildman–Crippen LogP) is 1.08. The lowest BCUT2D eigenvalue weighted by atomic mass is 10.2. The Morgan fingerprint density at radius 1 is 1.19 bits per heavy atom. The molecule has 0 radical (unpaired) electrons. The van der Waals surface area contributed by atoms with Gasteiger partial charge in [-0.15, -0.1) is 0 Å². The van der Waals surface area contributed by atoms with E-state index in [4.69, 9.17) is 5.84 Å². The third kappa shape index (κ3) is 2.80. The van der Waals surface area contributed by atoms with E-state index in [1.807, 2.05) is 39.9 Å². The molecule has 0 amide bonds. The van der Waals surface area contributed by atoms with E-state index in [0.29, 0.717) is 5.82 Å². The Morgan fingerprint density at radius 3 is 2.19 bits per heavy atom. The molecule has 0 aromatic carbocycles. The fourth-order valence-corrected chi connectivity index (χ4v) is 1.25. The van der Waals surface area contributed by atoms with Gasteiger partial charge in [0.2, 0.25) is 0 Å². The summed E-state index contributed by atoms with van der Waals surface area (Å²) in [6.45, 7) is 6.01. The molecule has 0 spiro atoms. The summed E-state index contributed by atoms with van der Waals surface area (Å²) in [5.41, 5.74) is 6.63. The average Bonchev–Trinajstić information content (AvgIpc) is 2.20. The van der Waals surface area contributed by atoms with Crippen molar-refractivity contribution in [1.29, 1.82) is 0 Å². The monoisotopic (exact) mass is 224 g/mol. The molecule has 90 valence electrons. The second-order valence-corrected chi connectivity index (χ2v) is 4.21. The number of hydrazine groups is 2. The highest BCUT2D eigenvalue weighted by molar-refractivity contribution is 5.56. The van der Waals surface area contributed by atoms with Crippen molar-refractivity contribution < 1.29 is 0 Å². The van der Waals surface area contributed by atoms with Crippen LogP contribution in [0.4, 0.5) is 11.6 Å². The Bertz CT molecular complexity index is 361. The molecule has 0 aliphatic heterocycles. The summed E-state index contributed by atoms with van der Waals surface area (Å²) in [7, 11) is 3.82. The van der Waals surface area contributed by atoms with Gasteiger partial charge in [0, 0.05) is 25.6 Å². The number of nitrogens with zero attached hydrogens (tertiary/aromatic N) is 3. The van der Waals surface area contributed by atoms with Crippen LogP contribution in [0, 0.1) is 6.92 Å². The molecule has 4 N–H and O–H groups in total. The summed E-state index contributed by atoms with van der Waals surface area (Å²) in [4.78, 5) is 8.81. The Balaban J connectivity index is 3.19. The largest absolute Gasteiger partial charge is 0.308 e. The Labute approximate surface area is 96.2 Å². The molecule has 1 rings (SSSR count). The molecule has 0 saturated carbocycles. The fraction of sp³-hybridized carbons (Fsp3) is 0.600. The SMILES string of the molecule is Cc1c(NN)nc(C(C)C)nc1NN(C)C. The van der Waals surface area contributed by atoms with Crippen LogP contribution in [-0.2, 0) is 0 Å². The zero-order chi connectivity index (χ0) is 12.3. The van der Waals surface area contributed by atoms with E-state index < -0.39 is 0 Å². The van der Waals surface area contributed by atoms with E-state index in [2.05, 4.69) is 20.8 Å². The number of nitrogen functional groups attached to an aromatic ring is 1. The van der Waals surface area contributed by atoms with Gasteiger partial charge in [-0.05, 0) is 6.92 Å². The minimum Gasteiger partial charge on any atom is -0.308 e. The van der Waals surface area contributed by atoms with Crippen LogP contribution in [0.5, 0.6) is 0 Å². The van der Waals surface area contributed by atoms with Crippen LogP contribution in [0.1, 0.15) is 31.2 Å². The topological polar surface area (TPSA) is 79.1 Å².